The average Bonchev–Trinajstić information content (AvgIpc) is 2.43. The number of hydrogen-bond acceptors (Lipinski definition) is 4. The van der Waals surface area contributed by atoms with Crippen molar-refractivity contribution in [3.05, 3.63) is 47.3 Å². The summed E-state index contributed by atoms with van der Waals surface area (Å²) in [5, 5.41) is 3.13. The molecule has 0 spiro atoms. The Balaban J connectivity index is 2.35. The molecule has 4 nitrogen and oxygen atoms in total. The van der Waals surface area contributed by atoms with Gasteiger partial charge in [-0.15, -0.1) is 0 Å². The molecule has 0 unspecified atom stereocenters. The van der Waals surface area contributed by atoms with E-state index in [2.05, 4.69) is 58.3 Å². The van der Waals surface area contributed by atoms with Crippen molar-refractivity contribution in [3.63, 3.8) is 0 Å². The quantitative estimate of drug-likeness (QED) is 0.907. The van der Waals surface area contributed by atoms with Gasteiger partial charge in [-0.1, -0.05) is 12.1 Å². The third-order valence-electron chi connectivity index (χ3n) is 3.31. The standard InChI is InChI=1S/C16H22N4/c1-5-20(15-8-6-7-12(2)9-15)16-18-11-14(10-17-4)13(3)19-16/h6-9,11,17H,5,10H2,1-4H3. The molecule has 0 amide bonds. The molecule has 1 aromatic heterocycles. The van der Waals surface area contributed by atoms with E-state index in [1.165, 1.54) is 5.56 Å². The lowest BCUT2D eigenvalue weighted by molar-refractivity contribution is 0.792. The number of hydrogen-bond donors (Lipinski definition) is 1. The smallest absolute Gasteiger partial charge is 0.230 e. The van der Waals surface area contributed by atoms with Crippen LogP contribution >= 0.6 is 0 Å². The fourth-order valence-electron chi connectivity index (χ4n) is 2.21. The van der Waals surface area contributed by atoms with E-state index >= 15 is 0 Å². The lowest BCUT2D eigenvalue weighted by Gasteiger charge is -2.22. The zero-order chi connectivity index (χ0) is 14.5. The first-order valence-corrected chi connectivity index (χ1v) is 6.97. The van der Waals surface area contributed by atoms with E-state index in [-0.39, 0.29) is 0 Å². The highest BCUT2D eigenvalue weighted by atomic mass is 15.2. The average molecular weight is 270 g/mol. The molecule has 0 aliphatic rings. The minimum Gasteiger partial charge on any atom is -0.316 e. The summed E-state index contributed by atoms with van der Waals surface area (Å²) in [6.07, 6.45) is 1.91. The summed E-state index contributed by atoms with van der Waals surface area (Å²) in [6.45, 7) is 7.88. The van der Waals surface area contributed by atoms with Gasteiger partial charge in [0.15, 0.2) is 0 Å². The van der Waals surface area contributed by atoms with Gasteiger partial charge in [-0.2, -0.15) is 0 Å². The highest BCUT2D eigenvalue weighted by Crippen LogP contribution is 2.23. The maximum Gasteiger partial charge on any atom is 0.230 e. The lowest BCUT2D eigenvalue weighted by Crippen LogP contribution is -2.20. The fourth-order valence-corrected chi connectivity index (χ4v) is 2.21. The van der Waals surface area contributed by atoms with E-state index in [4.69, 9.17) is 0 Å². The molecule has 0 radical (unpaired) electrons. The molecule has 0 bridgehead atoms. The molecule has 2 aromatic rings. The molecule has 106 valence electrons. The Kier molecular flexibility index (Phi) is 4.69. The highest BCUT2D eigenvalue weighted by molar-refractivity contribution is 5.58. The first kappa shape index (κ1) is 14.5. The zero-order valence-electron chi connectivity index (χ0n) is 12.6. The number of rotatable bonds is 5. The van der Waals surface area contributed by atoms with E-state index < -0.39 is 0 Å². The molecule has 0 saturated heterocycles. The molecule has 1 aromatic carbocycles. The van der Waals surface area contributed by atoms with Crippen LogP contribution in [0.25, 0.3) is 0 Å². The normalized spacial score (nSPS) is 10.6. The minimum absolute atomic E-state index is 0.760. The predicted octanol–water partition coefficient (Wildman–Crippen LogP) is 2.97. The highest BCUT2D eigenvalue weighted by Gasteiger charge is 2.11. The third-order valence-corrected chi connectivity index (χ3v) is 3.31. The molecule has 0 fully saturated rings. The number of anilines is 2. The Morgan fingerprint density at radius 1 is 1.25 bits per heavy atom. The maximum atomic E-state index is 4.64. The van der Waals surface area contributed by atoms with E-state index in [0.717, 1.165) is 36.0 Å². The summed E-state index contributed by atoms with van der Waals surface area (Å²) >= 11 is 0. The van der Waals surface area contributed by atoms with Crippen molar-refractivity contribution >= 4 is 11.6 Å². The van der Waals surface area contributed by atoms with E-state index in [0.29, 0.717) is 0 Å². The molecule has 1 N–H and O–H groups in total. The van der Waals surface area contributed by atoms with Crippen molar-refractivity contribution in [1.29, 1.82) is 0 Å². The van der Waals surface area contributed by atoms with E-state index in [9.17, 15) is 0 Å². The number of aryl methyl sites for hydroxylation is 2. The van der Waals surface area contributed by atoms with Gasteiger partial charge >= 0.3 is 0 Å². The van der Waals surface area contributed by atoms with Crippen molar-refractivity contribution < 1.29 is 0 Å². The Labute approximate surface area is 120 Å². The predicted molar refractivity (Wildman–Crippen MR) is 83.4 cm³/mol. The van der Waals surface area contributed by atoms with Crippen LogP contribution in [0.1, 0.15) is 23.7 Å². The van der Waals surface area contributed by atoms with Gasteiger partial charge in [0.05, 0.1) is 0 Å². The van der Waals surface area contributed by atoms with Crippen LogP contribution in [0.4, 0.5) is 11.6 Å². The van der Waals surface area contributed by atoms with Gasteiger partial charge in [0, 0.05) is 36.2 Å². The lowest BCUT2D eigenvalue weighted by atomic mass is 10.2. The van der Waals surface area contributed by atoms with Gasteiger partial charge in [-0.25, -0.2) is 9.97 Å². The van der Waals surface area contributed by atoms with Gasteiger partial charge < -0.3 is 10.2 Å². The summed E-state index contributed by atoms with van der Waals surface area (Å²) in [5.74, 6) is 0.760. The van der Waals surface area contributed by atoms with Crippen molar-refractivity contribution in [2.75, 3.05) is 18.5 Å². The molecule has 0 atom stereocenters. The van der Waals surface area contributed by atoms with Gasteiger partial charge in [-0.05, 0) is 45.5 Å². The van der Waals surface area contributed by atoms with Crippen LogP contribution in [0.2, 0.25) is 0 Å². The van der Waals surface area contributed by atoms with Crippen LogP contribution < -0.4 is 10.2 Å². The maximum absolute atomic E-state index is 4.64. The molecule has 0 saturated carbocycles. The van der Waals surface area contributed by atoms with E-state index in [1.54, 1.807) is 0 Å². The Morgan fingerprint density at radius 3 is 2.65 bits per heavy atom. The topological polar surface area (TPSA) is 41.1 Å². The first-order valence-electron chi connectivity index (χ1n) is 6.97. The van der Waals surface area contributed by atoms with Crippen molar-refractivity contribution in [1.82, 2.24) is 15.3 Å². The fraction of sp³-hybridized carbons (Fsp3) is 0.375. The molecule has 0 aliphatic heterocycles. The SMILES string of the molecule is CCN(c1cccc(C)c1)c1ncc(CNC)c(C)n1. The molecule has 20 heavy (non-hydrogen) atoms. The Morgan fingerprint density at radius 2 is 2.05 bits per heavy atom. The van der Waals surface area contributed by atoms with Crippen molar-refractivity contribution in [2.45, 2.75) is 27.3 Å². The van der Waals surface area contributed by atoms with Crippen molar-refractivity contribution in [3.8, 4) is 0 Å². The summed E-state index contributed by atoms with van der Waals surface area (Å²) < 4.78 is 0. The summed E-state index contributed by atoms with van der Waals surface area (Å²) in [7, 11) is 1.93. The van der Waals surface area contributed by atoms with Crippen LogP contribution in [-0.4, -0.2) is 23.6 Å². The second-order valence-electron chi connectivity index (χ2n) is 4.89. The van der Waals surface area contributed by atoms with Crippen LogP contribution in [0.15, 0.2) is 30.5 Å². The summed E-state index contributed by atoms with van der Waals surface area (Å²) in [4.78, 5) is 11.3. The number of benzene rings is 1. The van der Waals surface area contributed by atoms with Crippen LogP contribution in [0.5, 0.6) is 0 Å². The van der Waals surface area contributed by atoms with Gasteiger partial charge in [-0.3, -0.25) is 0 Å². The van der Waals surface area contributed by atoms with Crippen LogP contribution in [-0.2, 0) is 6.54 Å². The molecule has 2 rings (SSSR count). The van der Waals surface area contributed by atoms with Crippen LogP contribution in [0, 0.1) is 13.8 Å². The first-order chi connectivity index (χ1) is 9.65. The zero-order valence-corrected chi connectivity index (χ0v) is 12.6. The number of nitrogens with one attached hydrogen (secondary N) is 1. The van der Waals surface area contributed by atoms with Gasteiger partial charge in [0.2, 0.25) is 5.95 Å². The second-order valence-corrected chi connectivity index (χ2v) is 4.89. The van der Waals surface area contributed by atoms with Gasteiger partial charge in [0.25, 0.3) is 0 Å². The molecule has 0 aliphatic carbocycles. The Bertz CT molecular complexity index is 580. The van der Waals surface area contributed by atoms with Crippen molar-refractivity contribution in [2.24, 2.45) is 0 Å². The summed E-state index contributed by atoms with van der Waals surface area (Å²) in [6, 6.07) is 8.41. The third kappa shape index (κ3) is 3.14. The molecular weight excluding hydrogens is 248 g/mol. The van der Waals surface area contributed by atoms with Crippen LogP contribution in [0.3, 0.4) is 0 Å². The summed E-state index contributed by atoms with van der Waals surface area (Å²) in [5.41, 5.74) is 4.53. The monoisotopic (exact) mass is 270 g/mol. The molecule has 4 heteroatoms. The molecule has 1 heterocycles. The number of aromatic nitrogens is 2. The second kappa shape index (κ2) is 6.48. The van der Waals surface area contributed by atoms with E-state index in [1.807, 2.05) is 20.2 Å². The van der Waals surface area contributed by atoms with Gasteiger partial charge in [0.1, 0.15) is 0 Å². The largest absolute Gasteiger partial charge is 0.316 e. The molecular formula is C16H22N4. The number of nitrogens with zero attached hydrogens (tertiary/aromatic N) is 3. The minimum atomic E-state index is 0.760. The Hall–Kier alpha value is -1.94.